The number of carbonyl (C=O) groups is 1. The molecular weight excluding hydrogens is 222 g/mol. The zero-order valence-electron chi connectivity index (χ0n) is 8.55. The van der Waals surface area contributed by atoms with E-state index < -0.39 is 18.3 Å². The van der Waals surface area contributed by atoms with E-state index in [4.69, 9.17) is 4.74 Å². The predicted molar refractivity (Wildman–Crippen MR) is 54.6 cm³/mol. The maximum atomic E-state index is 12.8. The summed E-state index contributed by atoms with van der Waals surface area (Å²) >= 11 is 1.13. The second-order valence-electron chi connectivity index (χ2n) is 3.24. The van der Waals surface area contributed by atoms with E-state index in [1.54, 1.807) is 12.3 Å². The van der Waals surface area contributed by atoms with Crippen molar-refractivity contribution in [1.82, 2.24) is 0 Å². The van der Waals surface area contributed by atoms with E-state index in [2.05, 4.69) is 0 Å². The minimum absolute atomic E-state index is 0.249. The molecule has 0 aliphatic rings. The van der Waals surface area contributed by atoms with Gasteiger partial charge in [-0.3, -0.25) is 0 Å². The Hall–Kier alpha value is -0.970. The van der Waals surface area contributed by atoms with Crippen LogP contribution in [-0.4, -0.2) is 18.5 Å². The number of hydrogen-bond acceptors (Lipinski definition) is 3. The van der Waals surface area contributed by atoms with E-state index in [1.807, 2.05) is 0 Å². The van der Waals surface area contributed by atoms with Crippen LogP contribution in [0.4, 0.5) is 8.78 Å². The molecule has 0 saturated heterocycles. The molecular formula is C10H12F2O2S. The molecule has 0 unspecified atom stereocenters. The molecule has 15 heavy (non-hydrogen) atoms. The van der Waals surface area contributed by atoms with Crippen LogP contribution in [0.3, 0.4) is 0 Å². The Morgan fingerprint density at radius 1 is 1.60 bits per heavy atom. The zero-order valence-corrected chi connectivity index (χ0v) is 9.37. The van der Waals surface area contributed by atoms with Crippen LogP contribution in [0.25, 0.3) is 0 Å². The van der Waals surface area contributed by atoms with Crippen molar-refractivity contribution in [2.75, 3.05) is 6.61 Å². The summed E-state index contributed by atoms with van der Waals surface area (Å²) in [5.74, 6) is -3.32. The molecule has 0 fully saturated rings. The van der Waals surface area contributed by atoms with Gasteiger partial charge in [-0.25, -0.2) is 13.6 Å². The predicted octanol–water partition coefficient (Wildman–Crippen LogP) is 3.12. The highest BCUT2D eigenvalue weighted by Crippen LogP contribution is 2.25. The second-order valence-corrected chi connectivity index (χ2v) is 4.16. The molecule has 1 rings (SSSR count). The summed E-state index contributed by atoms with van der Waals surface area (Å²) in [7, 11) is 0. The first-order valence-corrected chi connectivity index (χ1v) is 5.43. The van der Waals surface area contributed by atoms with E-state index >= 15 is 0 Å². The quantitative estimate of drug-likeness (QED) is 0.748. The Bertz CT molecular complexity index is 341. The number of alkyl halides is 2. The van der Waals surface area contributed by atoms with Gasteiger partial charge in [0.2, 0.25) is 5.92 Å². The second kappa shape index (κ2) is 4.70. The molecule has 84 valence electrons. The van der Waals surface area contributed by atoms with Gasteiger partial charge in [0.05, 0.1) is 6.61 Å². The average Bonchev–Trinajstić information content (AvgIpc) is 2.49. The number of halogens is 2. The van der Waals surface area contributed by atoms with Crippen molar-refractivity contribution in [2.24, 2.45) is 0 Å². The van der Waals surface area contributed by atoms with Gasteiger partial charge in [0, 0.05) is 6.42 Å². The molecule has 0 N–H and O–H groups in total. The van der Waals surface area contributed by atoms with E-state index in [0.717, 1.165) is 18.3 Å². The summed E-state index contributed by atoms with van der Waals surface area (Å²) in [6.07, 6.45) is -0.426. The molecule has 0 amide bonds. The zero-order chi connectivity index (χ0) is 11.5. The van der Waals surface area contributed by atoms with Crippen LogP contribution in [0.5, 0.6) is 0 Å². The molecule has 0 spiro atoms. The smallest absolute Gasteiger partial charge is 0.348 e. The Balaban J connectivity index is 2.82. The molecule has 1 aromatic heterocycles. The van der Waals surface area contributed by atoms with Gasteiger partial charge in [0.25, 0.3) is 0 Å². The van der Waals surface area contributed by atoms with Crippen molar-refractivity contribution in [2.45, 2.75) is 26.2 Å². The highest BCUT2D eigenvalue weighted by Gasteiger charge is 2.25. The van der Waals surface area contributed by atoms with E-state index in [9.17, 15) is 13.6 Å². The maximum absolute atomic E-state index is 12.8. The van der Waals surface area contributed by atoms with E-state index in [0.29, 0.717) is 5.56 Å². The summed E-state index contributed by atoms with van der Waals surface area (Å²) in [6.45, 7) is 2.76. The number of esters is 1. The number of ether oxygens (including phenoxy) is 1. The van der Waals surface area contributed by atoms with E-state index in [1.165, 1.54) is 6.07 Å². The summed E-state index contributed by atoms with van der Waals surface area (Å²) in [5.41, 5.74) is 0.353. The van der Waals surface area contributed by atoms with Crippen LogP contribution < -0.4 is 0 Å². The topological polar surface area (TPSA) is 26.3 Å². The minimum atomic E-state index is -2.80. The monoisotopic (exact) mass is 234 g/mol. The van der Waals surface area contributed by atoms with Gasteiger partial charge < -0.3 is 4.74 Å². The lowest BCUT2D eigenvalue weighted by molar-refractivity contribution is 0.0223. The molecule has 2 nitrogen and oxygen atoms in total. The fourth-order valence-corrected chi connectivity index (χ4v) is 2.00. The lowest BCUT2D eigenvalue weighted by Gasteiger charge is -2.09. The van der Waals surface area contributed by atoms with Crippen LogP contribution in [0.15, 0.2) is 11.4 Å². The molecule has 0 radical (unpaired) electrons. The molecule has 0 aliphatic carbocycles. The first-order chi connectivity index (χ1) is 6.94. The summed E-state index contributed by atoms with van der Waals surface area (Å²) in [4.78, 5) is 11.6. The van der Waals surface area contributed by atoms with Crippen molar-refractivity contribution in [3.63, 3.8) is 0 Å². The van der Waals surface area contributed by atoms with Crippen LogP contribution in [0.2, 0.25) is 0 Å². The highest BCUT2D eigenvalue weighted by atomic mass is 32.1. The van der Waals surface area contributed by atoms with Crippen molar-refractivity contribution < 1.29 is 18.3 Å². The third kappa shape index (κ3) is 3.58. The van der Waals surface area contributed by atoms with E-state index in [-0.39, 0.29) is 11.5 Å². The molecule has 0 aromatic carbocycles. The van der Waals surface area contributed by atoms with Crippen molar-refractivity contribution >= 4 is 17.3 Å². The summed E-state index contributed by atoms with van der Waals surface area (Å²) in [6, 6.07) is 1.54. The average molecular weight is 234 g/mol. The molecule has 5 heteroatoms. The largest absolute Gasteiger partial charge is 0.462 e. The van der Waals surface area contributed by atoms with Crippen LogP contribution >= 0.6 is 11.3 Å². The minimum Gasteiger partial charge on any atom is -0.462 e. The summed E-state index contributed by atoms with van der Waals surface area (Å²) in [5, 5.41) is 1.62. The molecule has 0 saturated carbocycles. The van der Waals surface area contributed by atoms with Gasteiger partial charge in [0.1, 0.15) is 4.88 Å². The van der Waals surface area contributed by atoms with Gasteiger partial charge in [0.15, 0.2) is 0 Å². The highest BCUT2D eigenvalue weighted by molar-refractivity contribution is 7.12. The number of thiophene rings is 1. The molecule has 1 aromatic rings. The third-order valence-corrected chi connectivity index (χ3v) is 2.65. The lowest BCUT2D eigenvalue weighted by Crippen LogP contribution is -2.15. The Morgan fingerprint density at radius 2 is 2.27 bits per heavy atom. The maximum Gasteiger partial charge on any atom is 0.348 e. The normalized spacial score (nSPS) is 11.5. The Labute approximate surface area is 90.9 Å². The van der Waals surface area contributed by atoms with Crippen molar-refractivity contribution in [3.8, 4) is 0 Å². The van der Waals surface area contributed by atoms with Gasteiger partial charge in [-0.05, 0) is 30.9 Å². The van der Waals surface area contributed by atoms with Gasteiger partial charge in [-0.1, -0.05) is 0 Å². The number of hydrogen-bond donors (Lipinski definition) is 0. The molecule has 0 aliphatic heterocycles. The van der Waals surface area contributed by atoms with Gasteiger partial charge in [-0.15, -0.1) is 11.3 Å². The third-order valence-electron chi connectivity index (χ3n) is 1.71. The first kappa shape index (κ1) is 12.1. The van der Waals surface area contributed by atoms with Crippen molar-refractivity contribution in [3.05, 3.63) is 21.9 Å². The fourth-order valence-electron chi connectivity index (χ4n) is 1.19. The van der Waals surface area contributed by atoms with Crippen molar-refractivity contribution in [1.29, 1.82) is 0 Å². The van der Waals surface area contributed by atoms with Gasteiger partial charge >= 0.3 is 5.97 Å². The molecule has 0 bridgehead atoms. The Morgan fingerprint density at radius 3 is 2.80 bits per heavy atom. The molecule has 1 heterocycles. The number of rotatable bonds is 4. The molecule has 0 atom stereocenters. The fraction of sp³-hybridized carbons (Fsp3) is 0.500. The first-order valence-electron chi connectivity index (χ1n) is 4.55. The van der Waals surface area contributed by atoms with Crippen LogP contribution in [0.1, 0.15) is 29.1 Å². The Kier molecular flexibility index (Phi) is 3.79. The van der Waals surface area contributed by atoms with Crippen LogP contribution in [0, 0.1) is 0 Å². The van der Waals surface area contributed by atoms with Gasteiger partial charge in [-0.2, -0.15) is 0 Å². The summed E-state index contributed by atoms with van der Waals surface area (Å²) < 4.78 is 30.3. The standard InChI is InChI=1S/C10H12F2O2S/c1-3-14-9(13)8-7(4-5-15-8)6-10(2,11)12/h4-5H,3,6H2,1-2H3. The SMILES string of the molecule is CCOC(=O)c1sccc1CC(C)(F)F. The number of carbonyl (C=O) groups excluding carboxylic acids is 1. The lowest BCUT2D eigenvalue weighted by atomic mass is 10.1. The van der Waals surface area contributed by atoms with Crippen LogP contribution in [-0.2, 0) is 11.2 Å².